The Balaban J connectivity index is 1.86. The summed E-state index contributed by atoms with van der Waals surface area (Å²) < 4.78 is 0. The first-order chi connectivity index (χ1) is 11.2. The molecule has 0 radical (unpaired) electrons. The Labute approximate surface area is 137 Å². The molecule has 1 atom stereocenters. The number of H-pyrrole nitrogens is 1. The number of nitrogens with zero attached hydrogens (tertiary/aromatic N) is 1. The van der Waals surface area contributed by atoms with E-state index in [4.69, 9.17) is 4.98 Å². The lowest BCUT2D eigenvalue weighted by molar-refractivity contribution is 0.549. The number of pyridine rings is 1. The van der Waals surface area contributed by atoms with Gasteiger partial charge >= 0.3 is 0 Å². The fourth-order valence-electron chi connectivity index (χ4n) is 3.84. The van der Waals surface area contributed by atoms with Gasteiger partial charge in [0, 0.05) is 29.3 Å². The lowest BCUT2D eigenvalue weighted by Crippen LogP contribution is -2.31. The fraction of sp³-hybridized carbons (Fsp3) is 0.350. The molecule has 1 unspecified atom stereocenters. The van der Waals surface area contributed by atoms with Gasteiger partial charge in [-0.3, -0.25) is 4.98 Å². The largest absolute Gasteiger partial charge is 0.357 e. The fourth-order valence-corrected chi connectivity index (χ4v) is 3.84. The zero-order valence-corrected chi connectivity index (χ0v) is 14.0. The average Bonchev–Trinajstić information content (AvgIpc) is 2.93. The van der Waals surface area contributed by atoms with Crippen LogP contribution in [0.2, 0.25) is 0 Å². The summed E-state index contributed by atoms with van der Waals surface area (Å²) in [5, 5.41) is 5.04. The highest BCUT2D eigenvalue weighted by Crippen LogP contribution is 2.34. The molecular formula is C20H23N3. The predicted molar refractivity (Wildman–Crippen MR) is 94.9 cm³/mol. The molecule has 118 valence electrons. The first kappa shape index (κ1) is 14.5. The normalized spacial score (nSPS) is 17.4. The van der Waals surface area contributed by atoms with E-state index in [-0.39, 0.29) is 6.04 Å². The second-order valence-corrected chi connectivity index (χ2v) is 6.60. The van der Waals surface area contributed by atoms with E-state index in [0.29, 0.717) is 0 Å². The van der Waals surface area contributed by atoms with Crippen molar-refractivity contribution < 1.29 is 0 Å². The van der Waals surface area contributed by atoms with Gasteiger partial charge in [0.2, 0.25) is 0 Å². The number of aromatic nitrogens is 2. The number of rotatable bonds is 2. The monoisotopic (exact) mass is 305 g/mol. The molecule has 3 nitrogen and oxygen atoms in total. The Kier molecular flexibility index (Phi) is 3.46. The third-order valence-corrected chi connectivity index (χ3v) is 4.94. The van der Waals surface area contributed by atoms with Crippen LogP contribution in [0.5, 0.6) is 0 Å². The van der Waals surface area contributed by atoms with Gasteiger partial charge in [-0.25, -0.2) is 0 Å². The molecule has 1 aliphatic rings. The van der Waals surface area contributed by atoms with Gasteiger partial charge in [-0.05, 0) is 61.1 Å². The predicted octanol–water partition coefficient (Wildman–Crippen LogP) is 3.98. The van der Waals surface area contributed by atoms with Gasteiger partial charge < -0.3 is 10.3 Å². The van der Waals surface area contributed by atoms with Crippen molar-refractivity contribution in [1.29, 1.82) is 0 Å². The number of nitrogens with one attached hydrogen (secondary N) is 2. The van der Waals surface area contributed by atoms with E-state index >= 15 is 0 Å². The minimum absolute atomic E-state index is 0.164. The van der Waals surface area contributed by atoms with Gasteiger partial charge in [0.15, 0.2) is 0 Å². The summed E-state index contributed by atoms with van der Waals surface area (Å²) in [6.07, 6.45) is 4.10. The van der Waals surface area contributed by atoms with Crippen LogP contribution in [0.15, 0.2) is 30.5 Å². The van der Waals surface area contributed by atoms with E-state index in [1.807, 2.05) is 6.20 Å². The first-order valence-corrected chi connectivity index (χ1v) is 8.47. The number of hydrogen-bond acceptors (Lipinski definition) is 2. The average molecular weight is 305 g/mol. The van der Waals surface area contributed by atoms with E-state index in [0.717, 1.165) is 25.1 Å². The van der Waals surface area contributed by atoms with Crippen molar-refractivity contribution in [3.63, 3.8) is 0 Å². The Hall–Kier alpha value is -2.13. The molecule has 3 heterocycles. The minimum Gasteiger partial charge on any atom is -0.357 e. The molecule has 1 aromatic carbocycles. The number of benzene rings is 1. The maximum atomic E-state index is 4.70. The summed E-state index contributed by atoms with van der Waals surface area (Å²) in [6.45, 7) is 7.54. The summed E-state index contributed by atoms with van der Waals surface area (Å²) in [7, 11) is 0. The highest BCUT2D eigenvalue weighted by molar-refractivity contribution is 5.89. The number of aryl methyl sites for hydroxylation is 3. The van der Waals surface area contributed by atoms with Crippen molar-refractivity contribution in [3.05, 3.63) is 64.1 Å². The van der Waals surface area contributed by atoms with Crippen molar-refractivity contribution in [2.24, 2.45) is 0 Å². The molecule has 23 heavy (non-hydrogen) atoms. The summed E-state index contributed by atoms with van der Waals surface area (Å²) >= 11 is 0. The highest BCUT2D eigenvalue weighted by Gasteiger charge is 2.26. The van der Waals surface area contributed by atoms with Gasteiger partial charge in [0.05, 0.1) is 11.7 Å². The molecule has 0 bridgehead atoms. The molecular weight excluding hydrogens is 282 g/mol. The molecule has 0 saturated carbocycles. The molecule has 0 saturated heterocycles. The zero-order valence-electron chi connectivity index (χ0n) is 14.0. The third kappa shape index (κ3) is 2.36. The summed E-state index contributed by atoms with van der Waals surface area (Å²) in [4.78, 5) is 8.37. The van der Waals surface area contributed by atoms with Gasteiger partial charge in [-0.2, -0.15) is 0 Å². The summed E-state index contributed by atoms with van der Waals surface area (Å²) in [6, 6.07) is 9.05. The van der Waals surface area contributed by atoms with E-state index < -0.39 is 0 Å². The second kappa shape index (κ2) is 5.50. The molecule has 0 spiro atoms. The van der Waals surface area contributed by atoms with Crippen LogP contribution in [0.4, 0.5) is 0 Å². The number of fused-ring (bicyclic) bond motifs is 3. The first-order valence-electron chi connectivity index (χ1n) is 8.47. The van der Waals surface area contributed by atoms with Crippen molar-refractivity contribution >= 4 is 10.9 Å². The van der Waals surface area contributed by atoms with Crippen LogP contribution in [0.1, 0.15) is 46.6 Å². The molecule has 1 aliphatic heterocycles. The second-order valence-electron chi connectivity index (χ2n) is 6.60. The molecule has 0 fully saturated rings. The number of aromatic amines is 1. The molecule has 3 aromatic rings. The SMILES string of the molecule is CCc1ccc(C2NCCc3c2[nH]c2cc(C)cc(C)c32)nc1. The smallest absolute Gasteiger partial charge is 0.0906 e. The zero-order chi connectivity index (χ0) is 16.0. The third-order valence-electron chi connectivity index (χ3n) is 4.94. The summed E-state index contributed by atoms with van der Waals surface area (Å²) in [5.41, 5.74) is 9.07. The maximum absolute atomic E-state index is 4.70. The van der Waals surface area contributed by atoms with Crippen LogP contribution in [0.3, 0.4) is 0 Å². The Morgan fingerprint density at radius 1 is 1.22 bits per heavy atom. The topological polar surface area (TPSA) is 40.7 Å². The van der Waals surface area contributed by atoms with Gasteiger partial charge in [-0.15, -0.1) is 0 Å². The van der Waals surface area contributed by atoms with Gasteiger partial charge in [-0.1, -0.05) is 19.1 Å². The minimum atomic E-state index is 0.164. The van der Waals surface area contributed by atoms with Crippen molar-refractivity contribution in [1.82, 2.24) is 15.3 Å². The van der Waals surface area contributed by atoms with Crippen LogP contribution >= 0.6 is 0 Å². The van der Waals surface area contributed by atoms with Gasteiger partial charge in [0.25, 0.3) is 0 Å². The molecule has 2 N–H and O–H groups in total. The highest BCUT2D eigenvalue weighted by atomic mass is 15.0. The van der Waals surface area contributed by atoms with Crippen molar-refractivity contribution in [2.45, 2.75) is 39.7 Å². The van der Waals surface area contributed by atoms with Crippen LogP contribution < -0.4 is 5.32 Å². The quantitative estimate of drug-likeness (QED) is 0.752. The van der Waals surface area contributed by atoms with Crippen LogP contribution in [0, 0.1) is 13.8 Å². The standard InChI is InChI=1S/C20H23N3/c1-4-14-5-6-16(22-11-14)20-19-15(7-8-21-20)18-13(3)9-12(2)10-17(18)23-19/h5-6,9-11,20-21,23H,4,7-8H2,1-3H3. The van der Waals surface area contributed by atoms with Crippen LogP contribution in [-0.4, -0.2) is 16.5 Å². The molecule has 0 amide bonds. The van der Waals surface area contributed by atoms with E-state index in [2.05, 4.69) is 55.3 Å². The van der Waals surface area contributed by atoms with Crippen molar-refractivity contribution in [2.75, 3.05) is 6.54 Å². The molecule has 2 aromatic heterocycles. The van der Waals surface area contributed by atoms with E-state index in [9.17, 15) is 0 Å². The lowest BCUT2D eigenvalue weighted by atomic mass is 9.94. The Bertz CT molecular complexity index is 859. The van der Waals surface area contributed by atoms with Gasteiger partial charge in [0.1, 0.15) is 0 Å². The van der Waals surface area contributed by atoms with E-state index in [1.165, 1.54) is 38.9 Å². The van der Waals surface area contributed by atoms with Crippen molar-refractivity contribution in [3.8, 4) is 0 Å². The Morgan fingerprint density at radius 3 is 2.83 bits per heavy atom. The summed E-state index contributed by atoms with van der Waals surface area (Å²) in [5.74, 6) is 0. The number of hydrogen-bond donors (Lipinski definition) is 2. The van der Waals surface area contributed by atoms with E-state index in [1.54, 1.807) is 0 Å². The molecule has 0 aliphatic carbocycles. The van der Waals surface area contributed by atoms with Crippen LogP contribution in [-0.2, 0) is 12.8 Å². The Morgan fingerprint density at radius 2 is 2.09 bits per heavy atom. The maximum Gasteiger partial charge on any atom is 0.0906 e. The molecule has 4 rings (SSSR count). The van der Waals surface area contributed by atoms with Crippen LogP contribution in [0.25, 0.3) is 10.9 Å². The lowest BCUT2D eigenvalue weighted by Gasteiger charge is -2.24. The molecule has 3 heteroatoms.